The molecule has 4 aromatic rings. The first-order valence-corrected chi connectivity index (χ1v) is 10.4. The molecule has 2 N–H and O–H groups in total. The number of rotatable bonds is 4. The van der Waals surface area contributed by atoms with E-state index in [1.54, 1.807) is 19.2 Å². The minimum absolute atomic E-state index is 0.0615. The summed E-state index contributed by atoms with van der Waals surface area (Å²) in [7, 11) is 0. The van der Waals surface area contributed by atoms with Crippen LogP contribution >= 0.6 is 0 Å². The molecule has 1 fully saturated rings. The lowest BCUT2D eigenvalue weighted by Gasteiger charge is -2.31. The Bertz CT molecular complexity index is 1340. The number of amides is 1. The van der Waals surface area contributed by atoms with Gasteiger partial charge in [0, 0.05) is 35.8 Å². The maximum atomic E-state index is 14.2. The van der Waals surface area contributed by atoms with E-state index in [0.717, 1.165) is 16.3 Å². The van der Waals surface area contributed by atoms with Crippen LogP contribution in [0.1, 0.15) is 24.1 Å². The summed E-state index contributed by atoms with van der Waals surface area (Å²) in [6.07, 6.45) is 3.17. The number of hydrogen-bond donors (Lipinski definition) is 2. The molecule has 0 spiro atoms. The number of carbonyl (C=O) groups is 1. The first-order valence-electron chi connectivity index (χ1n) is 10.4. The maximum absolute atomic E-state index is 14.2. The van der Waals surface area contributed by atoms with E-state index >= 15 is 0 Å². The number of hydrogen-bond acceptors (Lipinski definition) is 7. The molecule has 9 heteroatoms. The van der Waals surface area contributed by atoms with Crippen LogP contribution in [0.3, 0.4) is 0 Å². The Balaban J connectivity index is 1.61. The summed E-state index contributed by atoms with van der Waals surface area (Å²) in [6, 6.07) is 8.76. The molecule has 1 aliphatic heterocycles. The summed E-state index contributed by atoms with van der Waals surface area (Å²) in [6.45, 7) is 5.09. The second-order valence-electron chi connectivity index (χ2n) is 7.88. The van der Waals surface area contributed by atoms with Crippen molar-refractivity contribution in [2.45, 2.75) is 19.9 Å². The number of aryl methyl sites for hydroxylation is 1. The van der Waals surface area contributed by atoms with Gasteiger partial charge in [-0.25, -0.2) is 24.3 Å². The van der Waals surface area contributed by atoms with E-state index in [0.29, 0.717) is 41.5 Å². The molecule has 8 nitrogen and oxygen atoms in total. The number of fused-ring (bicyclic) bond motifs is 2. The Hall–Kier alpha value is -3.88. The second kappa shape index (κ2) is 7.99. The Kier molecular flexibility index (Phi) is 5.01. The summed E-state index contributed by atoms with van der Waals surface area (Å²) in [5.74, 6) is 0.964. The molecular weight excluding hydrogens is 409 g/mol. The van der Waals surface area contributed by atoms with Gasteiger partial charge >= 0.3 is 0 Å². The lowest BCUT2D eigenvalue weighted by molar-refractivity contribution is -0.120. The van der Waals surface area contributed by atoms with Crippen molar-refractivity contribution in [3.63, 3.8) is 0 Å². The minimum Gasteiger partial charge on any atom is -0.363 e. The summed E-state index contributed by atoms with van der Waals surface area (Å²) >= 11 is 0. The SMILES string of the molecule is Cc1c(F)ccc2cc([C@H](C)Nc3ncnc4ncccc34)c(N3CCNC(=O)C3)nc12. The summed E-state index contributed by atoms with van der Waals surface area (Å²) in [4.78, 5) is 31.8. The molecular formula is C23H22FN7O. The summed E-state index contributed by atoms with van der Waals surface area (Å²) in [5, 5.41) is 7.94. The number of aromatic nitrogens is 4. The molecule has 1 saturated heterocycles. The first-order chi connectivity index (χ1) is 15.5. The number of nitrogens with one attached hydrogen (secondary N) is 2. The third-order valence-corrected chi connectivity index (χ3v) is 5.75. The quantitative estimate of drug-likeness (QED) is 0.512. The molecule has 1 aromatic carbocycles. The lowest BCUT2D eigenvalue weighted by Crippen LogP contribution is -2.48. The fourth-order valence-electron chi connectivity index (χ4n) is 4.05. The van der Waals surface area contributed by atoms with Crippen LogP contribution in [0.2, 0.25) is 0 Å². The molecule has 1 aliphatic rings. The highest BCUT2D eigenvalue weighted by Gasteiger charge is 2.24. The van der Waals surface area contributed by atoms with Crippen molar-refractivity contribution < 1.29 is 9.18 Å². The van der Waals surface area contributed by atoms with Gasteiger partial charge in [0.1, 0.15) is 23.8 Å². The van der Waals surface area contributed by atoms with Crippen LogP contribution in [0, 0.1) is 12.7 Å². The molecule has 3 aromatic heterocycles. The predicted octanol–water partition coefficient (Wildman–Crippen LogP) is 3.13. The number of benzene rings is 1. The standard InChI is InChI=1S/C23H22FN7O/c1-13-18(24)6-5-15-10-17(23(30-20(13)15)31-9-8-25-19(32)11-31)14(2)29-22-16-4-3-7-26-21(16)27-12-28-22/h3-7,10,12,14H,8-9,11H2,1-2H3,(H,25,32)(H,26,27,28,29)/t14-/m0/s1. The Morgan fingerprint density at radius 3 is 2.94 bits per heavy atom. The molecule has 162 valence electrons. The third-order valence-electron chi connectivity index (χ3n) is 5.75. The fourth-order valence-corrected chi connectivity index (χ4v) is 4.05. The molecule has 4 heterocycles. The van der Waals surface area contributed by atoms with Crippen molar-refractivity contribution >= 4 is 39.5 Å². The van der Waals surface area contributed by atoms with Gasteiger partial charge in [0.25, 0.3) is 0 Å². The van der Waals surface area contributed by atoms with Gasteiger partial charge in [0.2, 0.25) is 5.91 Å². The Labute approximate surface area is 183 Å². The fraction of sp³-hybridized carbons (Fsp3) is 0.261. The number of halogens is 1. The van der Waals surface area contributed by atoms with Gasteiger partial charge in [-0.1, -0.05) is 0 Å². The van der Waals surface area contributed by atoms with Crippen LogP contribution in [0.4, 0.5) is 16.0 Å². The highest BCUT2D eigenvalue weighted by Crippen LogP contribution is 2.33. The number of carbonyl (C=O) groups excluding carboxylic acids is 1. The van der Waals surface area contributed by atoms with E-state index < -0.39 is 0 Å². The van der Waals surface area contributed by atoms with Gasteiger partial charge < -0.3 is 15.5 Å². The predicted molar refractivity (Wildman–Crippen MR) is 121 cm³/mol. The van der Waals surface area contributed by atoms with Gasteiger partial charge in [-0.05, 0) is 44.2 Å². The highest BCUT2D eigenvalue weighted by molar-refractivity contribution is 5.88. The van der Waals surface area contributed by atoms with Gasteiger partial charge in [-0.2, -0.15) is 0 Å². The summed E-state index contributed by atoms with van der Waals surface area (Å²) in [5.41, 5.74) is 2.59. The van der Waals surface area contributed by atoms with Gasteiger partial charge in [-0.3, -0.25) is 4.79 Å². The number of pyridine rings is 2. The van der Waals surface area contributed by atoms with E-state index in [9.17, 15) is 9.18 Å². The average Bonchev–Trinajstić information content (AvgIpc) is 2.81. The number of anilines is 2. The number of piperazine rings is 1. The van der Waals surface area contributed by atoms with Crippen molar-refractivity contribution in [2.75, 3.05) is 29.9 Å². The minimum atomic E-state index is -0.300. The van der Waals surface area contributed by atoms with E-state index in [-0.39, 0.29) is 24.3 Å². The average molecular weight is 431 g/mol. The zero-order valence-corrected chi connectivity index (χ0v) is 17.8. The van der Waals surface area contributed by atoms with Crippen molar-refractivity contribution in [1.82, 2.24) is 25.3 Å². The van der Waals surface area contributed by atoms with E-state index in [2.05, 4.69) is 25.6 Å². The van der Waals surface area contributed by atoms with Gasteiger partial charge in [0.05, 0.1) is 23.5 Å². The van der Waals surface area contributed by atoms with Crippen LogP contribution in [-0.2, 0) is 4.79 Å². The molecule has 32 heavy (non-hydrogen) atoms. The van der Waals surface area contributed by atoms with Crippen LogP contribution in [0.25, 0.3) is 21.9 Å². The van der Waals surface area contributed by atoms with E-state index in [1.807, 2.05) is 30.0 Å². The Morgan fingerprint density at radius 1 is 1.22 bits per heavy atom. The second-order valence-corrected chi connectivity index (χ2v) is 7.88. The molecule has 1 amide bonds. The van der Waals surface area contributed by atoms with Crippen molar-refractivity contribution in [3.05, 3.63) is 59.8 Å². The summed E-state index contributed by atoms with van der Waals surface area (Å²) < 4.78 is 14.2. The molecule has 0 saturated carbocycles. The van der Waals surface area contributed by atoms with Gasteiger partial charge in [0.15, 0.2) is 5.65 Å². The third kappa shape index (κ3) is 3.55. The molecule has 5 rings (SSSR count). The lowest BCUT2D eigenvalue weighted by atomic mass is 10.0. The smallest absolute Gasteiger partial charge is 0.239 e. The maximum Gasteiger partial charge on any atom is 0.239 e. The van der Waals surface area contributed by atoms with Gasteiger partial charge in [-0.15, -0.1) is 0 Å². The van der Waals surface area contributed by atoms with Crippen molar-refractivity contribution in [3.8, 4) is 0 Å². The van der Waals surface area contributed by atoms with Crippen LogP contribution in [-0.4, -0.2) is 45.5 Å². The molecule has 0 unspecified atom stereocenters. The van der Waals surface area contributed by atoms with E-state index in [1.165, 1.54) is 12.4 Å². The van der Waals surface area contributed by atoms with Crippen LogP contribution in [0.15, 0.2) is 42.9 Å². The van der Waals surface area contributed by atoms with E-state index in [4.69, 9.17) is 4.98 Å². The molecule has 0 bridgehead atoms. The topological polar surface area (TPSA) is 95.9 Å². The number of nitrogens with zero attached hydrogens (tertiary/aromatic N) is 5. The monoisotopic (exact) mass is 431 g/mol. The van der Waals surface area contributed by atoms with Crippen molar-refractivity contribution in [2.24, 2.45) is 0 Å². The first kappa shape index (κ1) is 20.0. The van der Waals surface area contributed by atoms with Crippen LogP contribution in [0.5, 0.6) is 0 Å². The Morgan fingerprint density at radius 2 is 2.09 bits per heavy atom. The highest BCUT2D eigenvalue weighted by atomic mass is 19.1. The largest absolute Gasteiger partial charge is 0.363 e. The van der Waals surface area contributed by atoms with Crippen LogP contribution < -0.4 is 15.5 Å². The molecule has 0 aliphatic carbocycles. The normalized spacial score (nSPS) is 15.1. The molecule has 0 radical (unpaired) electrons. The zero-order chi connectivity index (χ0) is 22.2. The van der Waals surface area contributed by atoms with Crippen molar-refractivity contribution in [1.29, 1.82) is 0 Å². The molecule has 1 atom stereocenters. The zero-order valence-electron chi connectivity index (χ0n) is 17.8.